The van der Waals surface area contributed by atoms with Gasteiger partial charge in [-0.3, -0.25) is 4.79 Å². The van der Waals surface area contributed by atoms with Crippen molar-refractivity contribution in [3.05, 3.63) is 61.3 Å². The SMILES string of the molecule is C=CC=CC=CC=CC=CCCCCCC(=O)CCC. The van der Waals surface area contributed by atoms with E-state index in [0.29, 0.717) is 5.78 Å². The second kappa shape index (κ2) is 15.4. The number of hydrogen-bond acceptors (Lipinski definition) is 1. The average Bonchev–Trinajstić information content (AvgIpc) is 2.44. The second-order valence-corrected chi connectivity index (χ2v) is 4.71. The summed E-state index contributed by atoms with van der Waals surface area (Å²) in [7, 11) is 0. The first-order valence-electron chi connectivity index (χ1n) is 7.60. The maximum absolute atomic E-state index is 11.3. The molecule has 0 fully saturated rings. The van der Waals surface area contributed by atoms with Crippen molar-refractivity contribution in [3.8, 4) is 0 Å². The highest BCUT2D eigenvalue weighted by atomic mass is 16.1. The summed E-state index contributed by atoms with van der Waals surface area (Å²) in [6, 6.07) is 0. The molecular weight excluding hydrogens is 244 g/mol. The fourth-order valence-corrected chi connectivity index (χ4v) is 1.74. The molecule has 0 aromatic carbocycles. The lowest BCUT2D eigenvalue weighted by Crippen LogP contribution is -1.95. The Morgan fingerprint density at radius 3 is 2.15 bits per heavy atom. The molecule has 1 nitrogen and oxygen atoms in total. The summed E-state index contributed by atoms with van der Waals surface area (Å²) in [6.07, 6.45) is 24.8. The largest absolute Gasteiger partial charge is 0.300 e. The fourth-order valence-electron chi connectivity index (χ4n) is 1.74. The van der Waals surface area contributed by atoms with E-state index in [2.05, 4.69) is 25.7 Å². The number of rotatable bonds is 12. The first-order chi connectivity index (χ1) is 9.81. The first kappa shape index (κ1) is 18.4. The molecule has 0 radical (unpaired) electrons. The van der Waals surface area contributed by atoms with Crippen molar-refractivity contribution < 1.29 is 4.79 Å². The van der Waals surface area contributed by atoms with Gasteiger partial charge in [0.25, 0.3) is 0 Å². The molecule has 0 heterocycles. The minimum atomic E-state index is 0.420. The quantitative estimate of drug-likeness (QED) is 0.328. The Hall–Kier alpha value is -1.63. The molecule has 1 heteroatoms. The molecule has 0 atom stereocenters. The number of hydrogen-bond donors (Lipinski definition) is 0. The van der Waals surface area contributed by atoms with Gasteiger partial charge in [0.05, 0.1) is 0 Å². The van der Waals surface area contributed by atoms with Gasteiger partial charge in [0.15, 0.2) is 0 Å². The number of ketones is 1. The van der Waals surface area contributed by atoms with E-state index in [4.69, 9.17) is 0 Å². The molecule has 0 N–H and O–H groups in total. The van der Waals surface area contributed by atoms with E-state index in [9.17, 15) is 4.79 Å². The van der Waals surface area contributed by atoms with Gasteiger partial charge in [-0.05, 0) is 25.7 Å². The molecule has 110 valence electrons. The topological polar surface area (TPSA) is 17.1 Å². The monoisotopic (exact) mass is 272 g/mol. The Bertz CT molecular complexity index is 356. The van der Waals surface area contributed by atoms with E-state index in [-0.39, 0.29) is 0 Å². The van der Waals surface area contributed by atoms with Crippen LogP contribution < -0.4 is 0 Å². The third-order valence-electron chi connectivity index (χ3n) is 2.79. The number of unbranched alkanes of at least 4 members (excludes halogenated alkanes) is 3. The fraction of sp³-hybridized carbons (Fsp3) is 0.421. The number of allylic oxidation sites excluding steroid dienone is 9. The van der Waals surface area contributed by atoms with Gasteiger partial charge in [0.2, 0.25) is 0 Å². The lowest BCUT2D eigenvalue weighted by atomic mass is 10.1. The first-order valence-corrected chi connectivity index (χ1v) is 7.60. The van der Waals surface area contributed by atoms with Crippen LogP contribution in [-0.4, -0.2) is 5.78 Å². The van der Waals surface area contributed by atoms with Crippen LogP contribution in [0.4, 0.5) is 0 Å². The van der Waals surface area contributed by atoms with Crippen LogP contribution in [0.1, 0.15) is 51.9 Å². The summed E-state index contributed by atoms with van der Waals surface area (Å²) < 4.78 is 0. The van der Waals surface area contributed by atoms with Crippen LogP contribution in [0.5, 0.6) is 0 Å². The van der Waals surface area contributed by atoms with Crippen LogP contribution >= 0.6 is 0 Å². The van der Waals surface area contributed by atoms with Gasteiger partial charge in [-0.1, -0.05) is 74.6 Å². The lowest BCUT2D eigenvalue weighted by Gasteiger charge is -1.98. The number of carbonyl (C=O) groups is 1. The normalized spacial score (nSPS) is 12.2. The molecule has 20 heavy (non-hydrogen) atoms. The summed E-state index contributed by atoms with van der Waals surface area (Å²) in [5.41, 5.74) is 0. The van der Waals surface area contributed by atoms with Gasteiger partial charge in [0.1, 0.15) is 5.78 Å². The summed E-state index contributed by atoms with van der Waals surface area (Å²) in [5, 5.41) is 0. The predicted molar refractivity (Wildman–Crippen MR) is 89.8 cm³/mol. The molecule has 0 aliphatic heterocycles. The Morgan fingerprint density at radius 1 is 0.850 bits per heavy atom. The molecule has 0 saturated carbocycles. The summed E-state index contributed by atoms with van der Waals surface area (Å²) in [6.45, 7) is 5.66. The molecule has 0 unspecified atom stereocenters. The summed E-state index contributed by atoms with van der Waals surface area (Å²) in [4.78, 5) is 11.3. The molecule has 0 bridgehead atoms. The van der Waals surface area contributed by atoms with E-state index in [1.807, 2.05) is 36.5 Å². The molecule has 0 amide bonds. The second-order valence-electron chi connectivity index (χ2n) is 4.71. The molecule has 0 rings (SSSR count). The third kappa shape index (κ3) is 14.4. The van der Waals surface area contributed by atoms with Gasteiger partial charge < -0.3 is 0 Å². The highest BCUT2D eigenvalue weighted by Gasteiger charge is 1.98. The minimum Gasteiger partial charge on any atom is -0.300 e. The average molecular weight is 272 g/mol. The van der Waals surface area contributed by atoms with Crippen molar-refractivity contribution in [2.75, 3.05) is 0 Å². The zero-order chi connectivity index (χ0) is 14.9. The third-order valence-corrected chi connectivity index (χ3v) is 2.79. The van der Waals surface area contributed by atoms with Crippen LogP contribution in [0.3, 0.4) is 0 Å². The Balaban J connectivity index is 3.46. The molecule has 0 saturated heterocycles. The van der Waals surface area contributed by atoms with Gasteiger partial charge in [0, 0.05) is 12.8 Å². The van der Waals surface area contributed by atoms with Crippen LogP contribution in [0.25, 0.3) is 0 Å². The molecule has 0 spiro atoms. The van der Waals surface area contributed by atoms with E-state index < -0.39 is 0 Å². The minimum absolute atomic E-state index is 0.420. The van der Waals surface area contributed by atoms with Crippen molar-refractivity contribution in [2.24, 2.45) is 0 Å². The molecule has 0 aliphatic rings. The predicted octanol–water partition coefficient (Wildman–Crippen LogP) is 5.72. The standard InChI is InChI=1S/C19H28O/c1-3-5-6-7-8-9-10-11-12-13-14-15-16-18-19(20)17-4-2/h3,5-12H,1,4,13-18H2,2H3. The Labute approximate surface area is 124 Å². The Kier molecular flexibility index (Phi) is 14.2. The molecule has 0 aromatic heterocycles. The van der Waals surface area contributed by atoms with E-state index in [0.717, 1.165) is 38.5 Å². The number of carbonyl (C=O) groups excluding carboxylic acids is 1. The van der Waals surface area contributed by atoms with E-state index in [1.54, 1.807) is 6.08 Å². The van der Waals surface area contributed by atoms with Crippen LogP contribution in [0.2, 0.25) is 0 Å². The number of Topliss-reactive ketones (excluding diaryl/α,β-unsaturated/α-hetero) is 1. The van der Waals surface area contributed by atoms with Gasteiger partial charge >= 0.3 is 0 Å². The summed E-state index contributed by atoms with van der Waals surface area (Å²) in [5.74, 6) is 0.420. The zero-order valence-corrected chi connectivity index (χ0v) is 12.8. The van der Waals surface area contributed by atoms with Gasteiger partial charge in [-0.25, -0.2) is 0 Å². The zero-order valence-electron chi connectivity index (χ0n) is 12.8. The van der Waals surface area contributed by atoms with Gasteiger partial charge in [-0.15, -0.1) is 0 Å². The smallest absolute Gasteiger partial charge is 0.132 e. The van der Waals surface area contributed by atoms with Crippen molar-refractivity contribution >= 4 is 5.78 Å². The van der Waals surface area contributed by atoms with Crippen LogP contribution in [-0.2, 0) is 4.79 Å². The molecule has 0 aliphatic carbocycles. The van der Waals surface area contributed by atoms with Crippen molar-refractivity contribution in [2.45, 2.75) is 51.9 Å². The molecule has 0 aromatic rings. The van der Waals surface area contributed by atoms with Crippen LogP contribution in [0, 0.1) is 0 Å². The van der Waals surface area contributed by atoms with E-state index in [1.165, 1.54) is 6.42 Å². The maximum atomic E-state index is 11.3. The highest BCUT2D eigenvalue weighted by Crippen LogP contribution is 2.06. The van der Waals surface area contributed by atoms with E-state index >= 15 is 0 Å². The van der Waals surface area contributed by atoms with Crippen molar-refractivity contribution in [3.63, 3.8) is 0 Å². The summed E-state index contributed by atoms with van der Waals surface area (Å²) >= 11 is 0. The Morgan fingerprint density at radius 2 is 1.50 bits per heavy atom. The highest BCUT2D eigenvalue weighted by molar-refractivity contribution is 5.78. The van der Waals surface area contributed by atoms with Crippen molar-refractivity contribution in [1.29, 1.82) is 0 Å². The van der Waals surface area contributed by atoms with Gasteiger partial charge in [-0.2, -0.15) is 0 Å². The maximum Gasteiger partial charge on any atom is 0.132 e. The lowest BCUT2D eigenvalue weighted by molar-refractivity contribution is -0.119. The van der Waals surface area contributed by atoms with Crippen LogP contribution in [0.15, 0.2) is 61.3 Å². The molecular formula is C19H28O. The van der Waals surface area contributed by atoms with Crippen molar-refractivity contribution in [1.82, 2.24) is 0 Å².